The highest BCUT2D eigenvalue weighted by molar-refractivity contribution is 7.14. The van der Waals surface area contributed by atoms with E-state index >= 15 is 0 Å². The van der Waals surface area contributed by atoms with Gasteiger partial charge >= 0.3 is 5.97 Å². The molecule has 0 aromatic carbocycles. The van der Waals surface area contributed by atoms with Gasteiger partial charge in [-0.15, -0.1) is 11.3 Å². The number of hydrogen-bond donors (Lipinski definition) is 1. The first-order valence-corrected chi connectivity index (χ1v) is 4.98. The van der Waals surface area contributed by atoms with E-state index in [4.69, 9.17) is 16.3 Å². The van der Waals surface area contributed by atoms with E-state index in [2.05, 4.69) is 10.3 Å². The predicted molar refractivity (Wildman–Crippen MR) is 52.2 cm³/mol. The average Bonchev–Trinajstić information content (AvgIpc) is 2.49. The molecule has 6 heteroatoms. The zero-order chi connectivity index (χ0) is 9.68. The van der Waals surface area contributed by atoms with Crippen LogP contribution in [-0.4, -0.2) is 24.1 Å². The molecule has 0 saturated carbocycles. The summed E-state index contributed by atoms with van der Waals surface area (Å²) in [5, 5.41) is 5.54. The highest BCUT2D eigenvalue weighted by Crippen LogP contribution is 2.18. The lowest BCUT2D eigenvalue weighted by Crippen LogP contribution is -2.16. The number of nitrogens with zero attached hydrogens (tertiary/aromatic N) is 1. The van der Waals surface area contributed by atoms with Gasteiger partial charge in [0, 0.05) is 5.38 Å². The van der Waals surface area contributed by atoms with Gasteiger partial charge in [-0.2, -0.15) is 0 Å². The van der Waals surface area contributed by atoms with Gasteiger partial charge in [0.05, 0.1) is 6.61 Å². The minimum atomic E-state index is -0.297. The van der Waals surface area contributed by atoms with E-state index in [1.54, 1.807) is 12.3 Å². The van der Waals surface area contributed by atoms with Crippen molar-refractivity contribution in [2.45, 2.75) is 6.92 Å². The van der Waals surface area contributed by atoms with Crippen LogP contribution in [0, 0.1) is 0 Å². The van der Waals surface area contributed by atoms with Gasteiger partial charge in [0.2, 0.25) is 0 Å². The molecule has 0 aliphatic heterocycles. The first-order valence-electron chi connectivity index (χ1n) is 3.73. The van der Waals surface area contributed by atoms with Gasteiger partial charge in [0.1, 0.15) is 11.7 Å². The smallest absolute Gasteiger partial charge is 0.325 e. The van der Waals surface area contributed by atoms with E-state index in [1.165, 1.54) is 11.3 Å². The van der Waals surface area contributed by atoms with Crippen molar-refractivity contribution in [1.29, 1.82) is 0 Å². The molecule has 0 amide bonds. The summed E-state index contributed by atoms with van der Waals surface area (Å²) >= 11 is 6.93. The topological polar surface area (TPSA) is 51.2 Å². The molecule has 1 N–H and O–H groups in total. The van der Waals surface area contributed by atoms with Crippen molar-refractivity contribution < 1.29 is 9.53 Å². The normalized spacial score (nSPS) is 9.69. The Morgan fingerprint density at radius 1 is 1.85 bits per heavy atom. The number of halogens is 1. The second-order valence-electron chi connectivity index (χ2n) is 2.13. The molecule has 0 unspecified atom stereocenters. The number of carbonyl (C=O) groups excluding carboxylic acids is 1. The Kier molecular flexibility index (Phi) is 3.98. The minimum absolute atomic E-state index is 0.123. The highest BCUT2D eigenvalue weighted by atomic mass is 35.5. The van der Waals surface area contributed by atoms with E-state index in [-0.39, 0.29) is 12.5 Å². The third-order valence-electron chi connectivity index (χ3n) is 1.17. The first-order chi connectivity index (χ1) is 6.22. The SMILES string of the molecule is CCOC(=O)CNc1nc(Cl)cs1. The summed E-state index contributed by atoms with van der Waals surface area (Å²) < 4.78 is 4.71. The molecule has 0 saturated heterocycles. The minimum Gasteiger partial charge on any atom is -0.465 e. The molecule has 13 heavy (non-hydrogen) atoms. The Hall–Kier alpha value is -0.810. The fraction of sp³-hybridized carbons (Fsp3) is 0.429. The van der Waals surface area contributed by atoms with Crippen LogP contribution in [0.15, 0.2) is 5.38 Å². The van der Waals surface area contributed by atoms with Crippen molar-refractivity contribution in [3.05, 3.63) is 10.5 Å². The second-order valence-corrected chi connectivity index (χ2v) is 3.38. The van der Waals surface area contributed by atoms with Gasteiger partial charge < -0.3 is 10.1 Å². The van der Waals surface area contributed by atoms with Crippen molar-refractivity contribution in [3.63, 3.8) is 0 Å². The van der Waals surface area contributed by atoms with Crippen molar-refractivity contribution in [3.8, 4) is 0 Å². The molecule has 72 valence electrons. The van der Waals surface area contributed by atoms with Crippen molar-refractivity contribution in [2.75, 3.05) is 18.5 Å². The molecule has 0 spiro atoms. The van der Waals surface area contributed by atoms with Crippen LogP contribution in [-0.2, 0) is 9.53 Å². The van der Waals surface area contributed by atoms with Crippen LogP contribution in [0.2, 0.25) is 5.15 Å². The summed E-state index contributed by atoms with van der Waals surface area (Å²) in [5.74, 6) is -0.297. The standard InChI is InChI=1S/C7H9ClN2O2S/c1-2-12-6(11)3-9-7-10-5(8)4-13-7/h4H,2-3H2,1H3,(H,9,10). The molecule has 1 heterocycles. The van der Waals surface area contributed by atoms with Crippen molar-refractivity contribution >= 4 is 34.0 Å². The summed E-state index contributed by atoms with van der Waals surface area (Å²) in [6, 6.07) is 0. The maximum atomic E-state index is 10.9. The van der Waals surface area contributed by atoms with E-state index in [1.807, 2.05) is 0 Å². The van der Waals surface area contributed by atoms with Crippen LogP contribution in [0.3, 0.4) is 0 Å². The number of aromatic nitrogens is 1. The van der Waals surface area contributed by atoms with Gasteiger partial charge in [0.15, 0.2) is 5.13 Å². The summed E-state index contributed by atoms with van der Waals surface area (Å²) in [7, 11) is 0. The number of hydrogen-bond acceptors (Lipinski definition) is 5. The highest BCUT2D eigenvalue weighted by Gasteiger charge is 2.03. The van der Waals surface area contributed by atoms with Crippen LogP contribution >= 0.6 is 22.9 Å². The molecule has 4 nitrogen and oxygen atoms in total. The summed E-state index contributed by atoms with van der Waals surface area (Å²) in [4.78, 5) is 14.8. The molecule has 0 radical (unpaired) electrons. The summed E-state index contributed by atoms with van der Waals surface area (Å²) in [5.41, 5.74) is 0. The van der Waals surface area contributed by atoms with Crippen LogP contribution in [0.5, 0.6) is 0 Å². The number of carbonyl (C=O) groups is 1. The van der Waals surface area contributed by atoms with Crippen LogP contribution < -0.4 is 5.32 Å². The summed E-state index contributed by atoms with van der Waals surface area (Å²) in [6.07, 6.45) is 0. The number of ether oxygens (including phenoxy) is 1. The fourth-order valence-electron chi connectivity index (χ4n) is 0.695. The Morgan fingerprint density at radius 3 is 3.15 bits per heavy atom. The van der Waals surface area contributed by atoms with Crippen molar-refractivity contribution in [1.82, 2.24) is 4.98 Å². The zero-order valence-electron chi connectivity index (χ0n) is 7.04. The number of nitrogens with one attached hydrogen (secondary N) is 1. The van der Waals surface area contributed by atoms with Gasteiger partial charge in [-0.1, -0.05) is 11.6 Å². The van der Waals surface area contributed by atoms with E-state index in [9.17, 15) is 4.79 Å². The van der Waals surface area contributed by atoms with E-state index in [0.717, 1.165) is 0 Å². The molecule has 0 aliphatic rings. The van der Waals surface area contributed by atoms with Gasteiger partial charge in [-0.05, 0) is 6.92 Å². The van der Waals surface area contributed by atoms with Gasteiger partial charge in [0.25, 0.3) is 0 Å². The predicted octanol–water partition coefficient (Wildman–Crippen LogP) is 1.77. The number of esters is 1. The quantitative estimate of drug-likeness (QED) is 0.786. The number of thiazole rings is 1. The lowest BCUT2D eigenvalue weighted by atomic mass is 10.6. The average molecular weight is 221 g/mol. The molecule has 1 aromatic rings. The Balaban J connectivity index is 2.30. The third kappa shape index (κ3) is 3.61. The number of anilines is 1. The maximum Gasteiger partial charge on any atom is 0.325 e. The van der Waals surface area contributed by atoms with Gasteiger partial charge in [-0.3, -0.25) is 4.79 Å². The molecule has 1 rings (SSSR count). The molecular formula is C7H9ClN2O2S. The van der Waals surface area contributed by atoms with Crippen LogP contribution in [0.1, 0.15) is 6.92 Å². The Labute approximate surface area is 84.9 Å². The number of rotatable bonds is 4. The molecular weight excluding hydrogens is 212 g/mol. The second kappa shape index (κ2) is 5.04. The Bertz CT molecular complexity index is 290. The lowest BCUT2D eigenvalue weighted by molar-refractivity contribution is -0.140. The largest absolute Gasteiger partial charge is 0.465 e. The zero-order valence-corrected chi connectivity index (χ0v) is 8.61. The summed E-state index contributed by atoms with van der Waals surface area (Å²) in [6.45, 7) is 2.27. The van der Waals surface area contributed by atoms with Crippen molar-refractivity contribution in [2.24, 2.45) is 0 Å². The van der Waals surface area contributed by atoms with Gasteiger partial charge in [-0.25, -0.2) is 4.98 Å². The Morgan fingerprint density at radius 2 is 2.62 bits per heavy atom. The molecule has 0 aliphatic carbocycles. The van der Waals surface area contributed by atoms with Crippen LogP contribution in [0.4, 0.5) is 5.13 Å². The van der Waals surface area contributed by atoms with E-state index in [0.29, 0.717) is 16.9 Å². The maximum absolute atomic E-state index is 10.9. The fourth-order valence-corrected chi connectivity index (χ4v) is 1.53. The van der Waals surface area contributed by atoms with Crippen LogP contribution in [0.25, 0.3) is 0 Å². The molecule has 0 bridgehead atoms. The monoisotopic (exact) mass is 220 g/mol. The van der Waals surface area contributed by atoms with E-state index < -0.39 is 0 Å². The molecule has 0 atom stereocenters. The first kappa shape index (κ1) is 10.3. The lowest BCUT2D eigenvalue weighted by Gasteiger charge is -2.01. The third-order valence-corrected chi connectivity index (χ3v) is 2.29. The molecule has 0 fully saturated rings. The molecule has 1 aromatic heterocycles.